The van der Waals surface area contributed by atoms with Crippen LogP contribution in [0.3, 0.4) is 0 Å². The molecule has 0 radical (unpaired) electrons. The second-order valence-electron chi connectivity index (χ2n) is 8.06. The number of fused-ring (bicyclic) bond motifs is 1. The van der Waals surface area contributed by atoms with Crippen LogP contribution >= 0.6 is 11.3 Å². The molecule has 0 bridgehead atoms. The van der Waals surface area contributed by atoms with Crippen molar-refractivity contribution in [2.45, 2.75) is 32.2 Å². The lowest BCUT2D eigenvalue weighted by molar-refractivity contribution is 0.0991. The quantitative estimate of drug-likeness (QED) is 0.446. The second-order valence-corrected chi connectivity index (χ2v) is 9.24. The maximum atomic E-state index is 12.9. The fourth-order valence-electron chi connectivity index (χ4n) is 3.91. The molecule has 0 N–H and O–H groups in total. The number of aryl methyl sites for hydroxylation is 1. The van der Waals surface area contributed by atoms with E-state index in [9.17, 15) is 4.79 Å². The molecule has 5 heterocycles. The van der Waals surface area contributed by atoms with Gasteiger partial charge < -0.3 is 4.90 Å². The normalized spacial score (nSPS) is 15.5. The Morgan fingerprint density at radius 2 is 1.90 bits per heavy atom. The molecule has 5 rings (SSSR count). The summed E-state index contributed by atoms with van der Waals surface area (Å²) in [6.45, 7) is 4.04. The molecule has 0 atom stereocenters. The van der Waals surface area contributed by atoms with Gasteiger partial charge in [-0.15, -0.1) is 10.2 Å². The highest BCUT2D eigenvalue weighted by Crippen LogP contribution is 2.25. The van der Waals surface area contributed by atoms with Crippen molar-refractivity contribution in [2.24, 2.45) is 0 Å². The summed E-state index contributed by atoms with van der Waals surface area (Å²) in [5.41, 5.74) is 2.15. The molecule has 0 spiro atoms. The maximum absolute atomic E-state index is 12.9. The van der Waals surface area contributed by atoms with Crippen molar-refractivity contribution < 1.29 is 4.79 Å². The standard InChI is InChI=1S/C22H23N7OS/c1-14-26-27-22(31-14)20-8-15-7-18(23-10-16(15)11-24-20)9-21(30)17-12-25-29(13-17)19-3-5-28(2)6-4-19/h7-8,10-13,19H,3-6,9H2,1-2H3. The molecular formula is C22H23N7OS. The third-order valence-corrected chi connectivity index (χ3v) is 6.59. The van der Waals surface area contributed by atoms with E-state index in [1.165, 1.54) is 11.3 Å². The van der Waals surface area contributed by atoms with Crippen LogP contribution in [0.4, 0.5) is 0 Å². The van der Waals surface area contributed by atoms with E-state index < -0.39 is 0 Å². The molecule has 0 unspecified atom stereocenters. The van der Waals surface area contributed by atoms with E-state index in [-0.39, 0.29) is 12.2 Å². The molecule has 1 aliphatic rings. The molecule has 0 aliphatic carbocycles. The van der Waals surface area contributed by atoms with Gasteiger partial charge in [-0.05, 0) is 57.4 Å². The highest BCUT2D eigenvalue weighted by Gasteiger charge is 2.20. The van der Waals surface area contributed by atoms with E-state index in [2.05, 4.69) is 37.2 Å². The summed E-state index contributed by atoms with van der Waals surface area (Å²) < 4.78 is 1.95. The van der Waals surface area contributed by atoms with Crippen molar-refractivity contribution in [3.05, 3.63) is 53.2 Å². The number of rotatable bonds is 5. The first-order valence-electron chi connectivity index (χ1n) is 10.4. The van der Waals surface area contributed by atoms with Gasteiger partial charge >= 0.3 is 0 Å². The monoisotopic (exact) mass is 433 g/mol. The zero-order valence-electron chi connectivity index (χ0n) is 17.5. The molecular weight excluding hydrogens is 410 g/mol. The Kier molecular flexibility index (Phi) is 5.29. The van der Waals surface area contributed by atoms with Gasteiger partial charge in [-0.2, -0.15) is 5.10 Å². The van der Waals surface area contributed by atoms with Crippen LogP contribution < -0.4 is 0 Å². The van der Waals surface area contributed by atoms with E-state index in [0.717, 1.165) is 58.1 Å². The number of aromatic nitrogens is 6. The van der Waals surface area contributed by atoms with Gasteiger partial charge in [-0.3, -0.25) is 19.4 Å². The van der Waals surface area contributed by atoms with E-state index in [1.807, 2.05) is 29.9 Å². The average molecular weight is 434 g/mol. The number of ketones is 1. The van der Waals surface area contributed by atoms with Crippen molar-refractivity contribution in [2.75, 3.05) is 20.1 Å². The predicted octanol–water partition coefficient (Wildman–Crippen LogP) is 3.35. The number of pyridine rings is 2. The number of likely N-dealkylation sites (tertiary alicyclic amines) is 1. The molecule has 0 amide bonds. The van der Waals surface area contributed by atoms with Crippen molar-refractivity contribution in [1.82, 2.24) is 34.8 Å². The lowest BCUT2D eigenvalue weighted by Gasteiger charge is -2.28. The highest BCUT2D eigenvalue weighted by molar-refractivity contribution is 7.14. The number of hydrogen-bond donors (Lipinski definition) is 0. The Bertz CT molecular complexity index is 1240. The zero-order chi connectivity index (χ0) is 21.4. The Morgan fingerprint density at radius 1 is 1.10 bits per heavy atom. The molecule has 158 valence electrons. The van der Waals surface area contributed by atoms with Crippen molar-refractivity contribution in [3.8, 4) is 10.7 Å². The van der Waals surface area contributed by atoms with Crippen molar-refractivity contribution in [1.29, 1.82) is 0 Å². The SMILES string of the molecule is Cc1nnc(-c2cc3cc(CC(=O)c4cnn(C5CCN(C)CC5)c4)ncc3cn2)s1. The third kappa shape index (κ3) is 4.24. The molecule has 0 saturated carbocycles. The fourth-order valence-corrected chi connectivity index (χ4v) is 4.56. The molecule has 1 aliphatic heterocycles. The van der Waals surface area contributed by atoms with Crippen LogP contribution in [0.15, 0.2) is 36.9 Å². The van der Waals surface area contributed by atoms with Crippen LogP contribution in [0.25, 0.3) is 21.5 Å². The van der Waals surface area contributed by atoms with Crippen LogP contribution in [0.1, 0.15) is 39.9 Å². The van der Waals surface area contributed by atoms with Crippen molar-refractivity contribution in [3.63, 3.8) is 0 Å². The first-order valence-corrected chi connectivity index (χ1v) is 11.2. The van der Waals surface area contributed by atoms with Gasteiger partial charge in [0, 0.05) is 29.7 Å². The minimum absolute atomic E-state index is 0.0278. The molecule has 8 nitrogen and oxygen atoms in total. The Hall–Kier alpha value is -3.04. The molecule has 4 aromatic rings. The van der Waals surface area contributed by atoms with Crippen LogP contribution in [-0.2, 0) is 6.42 Å². The Balaban J connectivity index is 1.33. The first-order chi connectivity index (χ1) is 15.0. The minimum Gasteiger partial charge on any atom is -0.306 e. The number of piperidine rings is 1. The van der Waals surface area contributed by atoms with E-state index in [1.54, 1.807) is 18.6 Å². The Morgan fingerprint density at radius 3 is 2.68 bits per heavy atom. The topological polar surface area (TPSA) is 89.7 Å². The largest absolute Gasteiger partial charge is 0.306 e. The van der Waals surface area contributed by atoms with Crippen molar-refractivity contribution >= 4 is 27.9 Å². The first kappa shape index (κ1) is 19.9. The van der Waals surface area contributed by atoms with Gasteiger partial charge in [0.05, 0.1) is 24.2 Å². The average Bonchev–Trinajstić information content (AvgIpc) is 3.43. The van der Waals surface area contributed by atoms with E-state index in [0.29, 0.717) is 11.6 Å². The summed E-state index contributed by atoms with van der Waals surface area (Å²) in [5, 5.41) is 16.3. The van der Waals surface area contributed by atoms with Crippen LogP contribution in [0.5, 0.6) is 0 Å². The molecule has 4 aromatic heterocycles. The summed E-state index contributed by atoms with van der Waals surface area (Å²) in [6.07, 6.45) is 9.48. The van der Waals surface area contributed by atoms with Gasteiger partial charge in [-0.25, -0.2) is 0 Å². The summed E-state index contributed by atoms with van der Waals surface area (Å²) >= 11 is 1.51. The maximum Gasteiger partial charge on any atom is 0.171 e. The second kappa shape index (κ2) is 8.24. The minimum atomic E-state index is 0.0278. The molecule has 31 heavy (non-hydrogen) atoms. The van der Waals surface area contributed by atoms with Gasteiger partial charge in [0.25, 0.3) is 0 Å². The fraction of sp³-hybridized carbons (Fsp3) is 0.364. The summed E-state index contributed by atoms with van der Waals surface area (Å²) in [7, 11) is 2.14. The van der Waals surface area contributed by atoms with Gasteiger partial charge in [0.15, 0.2) is 10.8 Å². The van der Waals surface area contributed by atoms with E-state index >= 15 is 0 Å². The predicted molar refractivity (Wildman–Crippen MR) is 119 cm³/mol. The third-order valence-electron chi connectivity index (χ3n) is 5.73. The smallest absolute Gasteiger partial charge is 0.171 e. The Labute approximate surface area is 184 Å². The lowest BCUT2D eigenvalue weighted by atomic mass is 10.1. The van der Waals surface area contributed by atoms with Crippen LogP contribution in [0, 0.1) is 6.92 Å². The highest BCUT2D eigenvalue weighted by atomic mass is 32.1. The molecule has 1 fully saturated rings. The summed E-state index contributed by atoms with van der Waals surface area (Å²) in [5.74, 6) is 0.0278. The lowest BCUT2D eigenvalue weighted by Crippen LogP contribution is -2.31. The van der Waals surface area contributed by atoms with Gasteiger partial charge in [0.1, 0.15) is 10.7 Å². The summed E-state index contributed by atoms with van der Waals surface area (Å²) in [6, 6.07) is 4.29. The van der Waals surface area contributed by atoms with Gasteiger partial charge in [0.2, 0.25) is 0 Å². The number of hydrogen-bond acceptors (Lipinski definition) is 8. The molecule has 1 saturated heterocycles. The van der Waals surface area contributed by atoms with E-state index in [4.69, 9.17) is 0 Å². The van der Waals surface area contributed by atoms with Gasteiger partial charge in [-0.1, -0.05) is 11.3 Å². The van der Waals surface area contributed by atoms with Crippen LogP contribution in [-0.4, -0.2) is 60.8 Å². The number of nitrogens with zero attached hydrogens (tertiary/aromatic N) is 7. The molecule has 0 aromatic carbocycles. The van der Waals surface area contributed by atoms with Crippen LogP contribution in [0.2, 0.25) is 0 Å². The number of Topliss-reactive ketones (excluding diaryl/α,β-unsaturated/α-hetero) is 1. The molecule has 9 heteroatoms. The number of carbonyl (C=O) groups is 1. The number of carbonyl (C=O) groups excluding carboxylic acids is 1. The summed E-state index contributed by atoms with van der Waals surface area (Å²) in [4.78, 5) is 24.1. The zero-order valence-corrected chi connectivity index (χ0v) is 18.3.